The van der Waals surface area contributed by atoms with Crippen LogP contribution in [0.25, 0.3) is 0 Å². The molecule has 5 heteroatoms. The summed E-state index contributed by atoms with van der Waals surface area (Å²) in [6, 6.07) is 11.6. The number of nitrogens with zero attached hydrogens (tertiary/aromatic N) is 2. The SMILES string of the molecule is CN1CCN([C@H]2Cc3cc(Cl)ccc3Sc3cc(F)ccc32)CC1. The fourth-order valence-corrected chi connectivity index (χ4v) is 4.91. The van der Waals surface area contributed by atoms with E-state index in [9.17, 15) is 4.39 Å². The standard InChI is InChI=1S/C19H20ClFN2S/c1-22-6-8-23(9-7-22)17-11-13-10-14(20)2-5-18(13)24-19-12-15(21)3-4-16(17)19/h2-5,10,12,17H,6-9,11H2,1H3/t17-/m0/s1. The zero-order valence-electron chi connectivity index (χ0n) is 13.6. The Bertz CT molecular complexity index is 759. The molecule has 126 valence electrons. The number of halogens is 2. The molecular formula is C19H20ClFN2S. The third-order valence-corrected chi connectivity index (χ3v) is 6.40. The summed E-state index contributed by atoms with van der Waals surface area (Å²) >= 11 is 7.89. The number of rotatable bonds is 1. The molecule has 0 aromatic heterocycles. The van der Waals surface area contributed by atoms with Crippen molar-refractivity contribution in [2.24, 2.45) is 0 Å². The van der Waals surface area contributed by atoms with Crippen molar-refractivity contribution in [1.82, 2.24) is 9.80 Å². The minimum Gasteiger partial charge on any atom is -0.304 e. The van der Waals surface area contributed by atoms with Gasteiger partial charge < -0.3 is 4.90 Å². The lowest BCUT2D eigenvalue weighted by Crippen LogP contribution is -2.46. The summed E-state index contributed by atoms with van der Waals surface area (Å²) in [7, 11) is 2.17. The van der Waals surface area contributed by atoms with Crippen molar-refractivity contribution >= 4 is 23.4 Å². The van der Waals surface area contributed by atoms with E-state index in [1.807, 2.05) is 12.1 Å². The molecular weight excluding hydrogens is 343 g/mol. The number of fused-ring (bicyclic) bond motifs is 2. The average molecular weight is 363 g/mol. The first-order chi connectivity index (χ1) is 11.6. The minimum absolute atomic E-state index is 0.171. The number of hydrogen-bond acceptors (Lipinski definition) is 3. The van der Waals surface area contributed by atoms with Crippen molar-refractivity contribution in [2.75, 3.05) is 33.2 Å². The smallest absolute Gasteiger partial charge is 0.124 e. The molecule has 2 aromatic carbocycles. The van der Waals surface area contributed by atoms with Crippen LogP contribution >= 0.6 is 23.4 Å². The van der Waals surface area contributed by atoms with Crippen molar-refractivity contribution < 1.29 is 4.39 Å². The summed E-state index contributed by atoms with van der Waals surface area (Å²) in [5.41, 5.74) is 2.49. The Balaban J connectivity index is 1.77. The van der Waals surface area contributed by atoms with Crippen molar-refractivity contribution in [3.05, 3.63) is 58.4 Å². The Hall–Kier alpha value is -1.07. The van der Waals surface area contributed by atoms with Crippen LogP contribution in [0.15, 0.2) is 46.2 Å². The molecule has 0 spiro atoms. The van der Waals surface area contributed by atoms with Gasteiger partial charge in [0.05, 0.1) is 0 Å². The highest BCUT2D eigenvalue weighted by atomic mass is 35.5. The van der Waals surface area contributed by atoms with Crippen LogP contribution < -0.4 is 0 Å². The second-order valence-electron chi connectivity index (χ2n) is 6.60. The fourth-order valence-electron chi connectivity index (χ4n) is 3.58. The Kier molecular flexibility index (Phi) is 4.56. The maximum Gasteiger partial charge on any atom is 0.124 e. The summed E-state index contributed by atoms with van der Waals surface area (Å²) in [4.78, 5) is 7.11. The molecule has 0 bridgehead atoms. The minimum atomic E-state index is -0.171. The molecule has 2 aliphatic heterocycles. The van der Waals surface area contributed by atoms with Gasteiger partial charge >= 0.3 is 0 Å². The zero-order chi connectivity index (χ0) is 16.7. The highest BCUT2D eigenvalue weighted by molar-refractivity contribution is 7.99. The lowest BCUT2D eigenvalue weighted by Gasteiger charge is -2.38. The predicted molar refractivity (Wildman–Crippen MR) is 97.5 cm³/mol. The van der Waals surface area contributed by atoms with Crippen LogP contribution in [0, 0.1) is 5.82 Å². The molecule has 2 heterocycles. The lowest BCUT2D eigenvalue weighted by atomic mass is 9.96. The molecule has 0 N–H and O–H groups in total. The maximum absolute atomic E-state index is 13.8. The van der Waals surface area contributed by atoms with Crippen LogP contribution in [0.3, 0.4) is 0 Å². The van der Waals surface area contributed by atoms with Gasteiger partial charge in [-0.2, -0.15) is 0 Å². The second kappa shape index (κ2) is 6.68. The van der Waals surface area contributed by atoms with E-state index in [-0.39, 0.29) is 11.9 Å². The van der Waals surface area contributed by atoms with E-state index in [2.05, 4.69) is 29.0 Å². The van der Waals surface area contributed by atoms with Crippen LogP contribution in [-0.2, 0) is 6.42 Å². The molecule has 1 atom stereocenters. The first kappa shape index (κ1) is 16.4. The van der Waals surface area contributed by atoms with E-state index < -0.39 is 0 Å². The summed E-state index contributed by atoms with van der Waals surface area (Å²) in [6.07, 6.45) is 0.922. The van der Waals surface area contributed by atoms with Gasteiger partial charge in [0.2, 0.25) is 0 Å². The van der Waals surface area contributed by atoms with Gasteiger partial charge in [0.1, 0.15) is 5.82 Å². The van der Waals surface area contributed by atoms with Crippen LogP contribution in [0.1, 0.15) is 17.2 Å². The van der Waals surface area contributed by atoms with Crippen LogP contribution in [0.5, 0.6) is 0 Å². The summed E-state index contributed by atoms with van der Waals surface area (Å²) in [5.74, 6) is -0.171. The fraction of sp³-hybridized carbons (Fsp3) is 0.368. The number of piperazine rings is 1. The van der Waals surface area contributed by atoms with Crippen LogP contribution in [0.2, 0.25) is 5.02 Å². The van der Waals surface area contributed by atoms with Gasteiger partial charge in [-0.15, -0.1) is 0 Å². The molecule has 2 aliphatic rings. The topological polar surface area (TPSA) is 6.48 Å². The zero-order valence-corrected chi connectivity index (χ0v) is 15.2. The van der Waals surface area contributed by atoms with Gasteiger partial charge in [0, 0.05) is 47.0 Å². The average Bonchev–Trinajstić information content (AvgIpc) is 2.71. The van der Waals surface area contributed by atoms with E-state index in [1.165, 1.54) is 16.0 Å². The molecule has 0 amide bonds. The van der Waals surface area contributed by atoms with Gasteiger partial charge in [-0.25, -0.2) is 4.39 Å². The van der Waals surface area contributed by atoms with Gasteiger partial charge in [0.15, 0.2) is 0 Å². The highest BCUT2D eigenvalue weighted by Crippen LogP contribution is 2.43. The Morgan fingerprint density at radius 3 is 2.62 bits per heavy atom. The van der Waals surface area contributed by atoms with Gasteiger partial charge in [-0.1, -0.05) is 29.4 Å². The number of likely N-dealkylation sites (N-methyl/N-ethyl adjacent to an activating group) is 1. The monoisotopic (exact) mass is 362 g/mol. The van der Waals surface area contributed by atoms with Crippen LogP contribution in [0.4, 0.5) is 4.39 Å². The van der Waals surface area contributed by atoms with E-state index in [0.717, 1.165) is 42.5 Å². The van der Waals surface area contributed by atoms with Gasteiger partial charge in [-0.3, -0.25) is 4.90 Å². The summed E-state index contributed by atoms with van der Waals surface area (Å²) < 4.78 is 13.8. The Morgan fingerprint density at radius 2 is 1.83 bits per heavy atom. The molecule has 1 saturated heterocycles. The molecule has 0 unspecified atom stereocenters. The third kappa shape index (κ3) is 3.21. The number of benzene rings is 2. The predicted octanol–water partition coefficient (Wildman–Crippen LogP) is 4.47. The Labute approximate surface area is 151 Å². The number of hydrogen-bond donors (Lipinski definition) is 0. The molecule has 2 nitrogen and oxygen atoms in total. The van der Waals surface area contributed by atoms with E-state index >= 15 is 0 Å². The van der Waals surface area contributed by atoms with Crippen molar-refractivity contribution in [3.8, 4) is 0 Å². The quantitative estimate of drug-likeness (QED) is 0.738. The molecule has 0 radical (unpaired) electrons. The van der Waals surface area contributed by atoms with Crippen LogP contribution in [-0.4, -0.2) is 43.0 Å². The molecule has 4 rings (SSSR count). The second-order valence-corrected chi connectivity index (χ2v) is 8.12. The van der Waals surface area contributed by atoms with Crippen molar-refractivity contribution in [1.29, 1.82) is 0 Å². The Morgan fingerprint density at radius 1 is 1.04 bits per heavy atom. The summed E-state index contributed by atoms with van der Waals surface area (Å²) in [6.45, 7) is 4.22. The van der Waals surface area contributed by atoms with E-state index in [1.54, 1.807) is 23.9 Å². The maximum atomic E-state index is 13.8. The molecule has 2 aromatic rings. The molecule has 0 aliphatic carbocycles. The van der Waals surface area contributed by atoms with E-state index in [4.69, 9.17) is 11.6 Å². The molecule has 24 heavy (non-hydrogen) atoms. The van der Waals surface area contributed by atoms with Crippen molar-refractivity contribution in [2.45, 2.75) is 22.3 Å². The third-order valence-electron chi connectivity index (χ3n) is 4.97. The first-order valence-electron chi connectivity index (χ1n) is 8.28. The first-order valence-corrected chi connectivity index (χ1v) is 9.48. The summed E-state index contributed by atoms with van der Waals surface area (Å²) in [5, 5.41) is 0.767. The molecule has 0 saturated carbocycles. The largest absolute Gasteiger partial charge is 0.304 e. The molecule has 1 fully saturated rings. The highest BCUT2D eigenvalue weighted by Gasteiger charge is 2.29. The van der Waals surface area contributed by atoms with E-state index in [0.29, 0.717) is 0 Å². The van der Waals surface area contributed by atoms with Crippen molar-refractivity contribution in [3.63, 3.8) is 0 Å². The normalized spacial score (nSPS) is 21.9. The lowest BCUT2D eigenvalue weighted by molar-refractivity contribution is 0.110. The van der Waals surface area contributed by atoms with Gasteiger partial charge in [-0.05, 0) is 54.9 Å². The van der Waals surface area contributed by atoms with Gasteiger partial charge in [0.25, 0.3) is 0 Å².